The Kier molecular flexibility index (Phi) is 4.06. The van der Waals surface area contributed by atoms with Crippen molar-refractivity contribution in [3.63, 3.8) is 0 Å². The largest absolute Gasteiger partial charge is 0.491 e. The predicted octanol–water partition coefficient (Wildman–Crippen LogP) is 3.84. The lowest BCUT2D eigenvalue weighted by molar-refractivity contribution is 0.299. The normalized spacial score (nSPS) is 10.7. The van der Waals surface area contributed by atoms with E-state index in [1.807, 2.05) is 30.3 Å². The summed E-state index contributed by atoms with van der Waals surface area (Å²) in [7, 11) is 0. The molecule has 1 aromatic heterocycles. The smallest absolute Gasteiger partial charge is 0.250 e. The van der Waals surface area contributed by atoms with Gasteiger partial charge < -0.3 is 9.30 Å². The van der Waals surface area contributed by atoms with Crippen molar-refractivity contribution in [3.8, 4) is 5.75 Å². The van der Waals surface area contributed by atoms with Crippen LogP contribution in [0.2, 0.25) is 0 Å². The van der Waals surface area contributed by atoms with Crippen LogP contribution < -0.4 is 10.3 Å². The number of hydrogen-bond acceptors (Lipinski definition) is 2. The summed E-state index contributed by atoms with van der Waals surface area (Å²) >= 11 is 3.37. The highest BCUT2D eigenvalue weighted by molar-refractivity contribution is 9.10. The first-order valence-corrected chi connectivity index (χ1v) is 7.50. The summed E-state index contributed by atoms with van der Waals surface area (Å²) in [5, 5.41) is 2.23. The van der Waals surface area contributed by atoms with E-state index in [0.29, 0.717) is 13.2 Å². The third kappa shape index (κ3) is 3.16. The minimum absolute atomic E-state index is 0.0280. The van der Waals surface area contributed by atoms with Gasteiger partial charge in [-0.2, -0.15) is 0 Å². The van der Waals surface area contributed by atoms with E-state index >= 15 is 0 Å². The first kappa shape index (κ1) is 13.9. The third-order valence-corrected chi connectivity index (χ3v) is 3.76. The molecule has 1 heterocycles. The highest BCUT2D eigenvalue weighted by Crippen LogP contribution is 2.24. The molecule has 3 rings (SSSR count). The van der Waals surface area contributed by atoms with Crippen LogP contribution in [0.25, 0.3) is 10.8 Å². The van der Waals surface area contributed by atoms with Gasteiger partial charge in [0.15, 0.2) is 0 Å². The lowest BCUT2D eigenvalue weighted by atomic mass is 10.1. The van der Waals surface area contributed by atoms with Crippen molar-refractivity contribution in [2.45, 2.75) is 6.54 Å². The maximum Gasteiger partial charge on any atom is 0.250 e. The predicted molar refractivity (Wildman–Crippen MR) is 87.8 cm³/mol. The van der Waals surface area contributed by atoms with Gasteiger partial charge in [0.05, 0.1) is 6.54 Å². The van der Waals surface area contributed by atoms with E-state index in [2.05, 4.69) is 28.1 Å². The highest BCUT2D eigenvalue weighted by Gasteiger charge is 2.02. The third-order valence-electron chi connectivity index (χ3n) is 3.29. The number of ether oxygens (including phenoxy) is 1. The maximum atomic E-state index is 11.7. The number of fused-ring (bicyclic) bond motifs is 1. The van der Waals surface area contributed by atoms with E-state index in [4.69, 9.17) is 4.74 Å². The van der Waals surface area contributed by atoms with Gasteiger partial charge in [-0.3, -0.25) is 4.79 Å². The molecule has 2 aromatic carbocycles. The van der Waals surface area contributed by atoms with Gasteiger partial charge in [-0.25, -0.2) is 0 Å². The monoisotopic (exact) mass is 343 g/mol. The number of rotatable bonds is 4. The van der Waals surface area contributed by atoms with Crippen LogP contribution in [0, 0.1) is 0 Å². The van der Waals surface area contributed by atoms with Crippen molar-refractivity contribution >= 4 is 26.7 Å². The molecule has 4 heteroatoms. The van der Waals surface area contributed by atoms with Gasteiger partial charge in [0.2, 0.25) is 0 Å². The average molecular weight is 344 g/mol. The van der Waals surface area contributed by atoms with Crippen molar-refractivity contribution in [1.82, 2.24) is 4.57 Å². The van der Waals surface area contributed by atoms with Crippen LogP contribution in [0.5, 0.6) is 5.75 Å². The van der Waals surface area contributed by atoms with Gasteiger partial charge in [-0.05, 0) is 33.4 Å². The van der Waals surface area contributed by atoms with E-state index in [1.54, 1.807) is 22.9 Å². The van der Waals surface area contributed by atoms with Crippen molar-refractivity contribution in [2.75, 3.05) is 6.61 Å². The van der Waals surface area contributed by atoms with Crippen molar-refractivity contribution in [1.29, 1.82) is 0 Å². The number of pyridine rings is 1. The van der Waals surface area contributed by atoms with Crippen LogP contribution in [0.4, 0.5) is 0 Å². The molecule has 0 N–H and O–H groups in total. The fourth-order valence-corrected chi connectivity index (χ4v) is 2.63. The van der Waals surface area contributed by atoms with Crippen LogP contribution in [-0.2, 0) is 6.54 Å². The fourth-order valence-electron chi connectivity index (χ4n) is 2.25. The number of halogens is 1. The Morgan fingerprint density at radius 1 is 1.00 bits per heavy atom. The molecule has 0 aliphatic heterocycles. The summed E-state index contributed by atoms with van der Waals surface area (Å²) in [6, 6.07) is 17.4. The van der Waals surface area contributed by atoms with Crippen LogP contribution in [-0.4, -0.2) is 11.2 Å². The van der Waals surface area contributed by atoms with E-state index in [0.717, 1.165) is 21.0 Å². The number of aromatic nitrogens is 1. The Morgan fingerprint density at radius 2 is 1.81 bits per heavy atom. The molecule has 0 spiro atoms. The standard InChI is InChI=1S/C17H14BrNO2/c18-14-8-9-17(20)19(12-14)10-11-21-16-7-3-5-13-4-1-2-6-15(13)16/h1-9,12H,10-11H2. The Morgan fingerprint density at radius 3 is 2.71 bits per heavy atom. The van der Waals surface area contributed by atoms with Crippen LogP contribution in [0.3, 0.4) is 0 Å². The maximum absolute atomic E-state index is 11.7. The number of benzene rings is 2. The van der Waals surface area contributed by atoms with Gasteiger partial charge in [0.1, 0.15) is 12.4 Å². The van der Waals surface area contributed by atoms with Crippen LogP contribution in [0.15, 0.2) is 70.1 Å². The van der Waals surface area contributed by atoms with Crippen molar-refractivity contribution < 1.29 is 4.74 Å². The summed E-state index contributed by atoms with van der Waals surface area (Å²) in [5.74, 6) is 0.844. The highest BCUT2D eigenvalue weighted by atomic mass is 79.9. The molecule has 0 unspecified atom stereocenters. The zero-order valence-electron chi connectivity index (χ0n) is 11.3. The first-order valence-electron chi connectivity index (χ1n) is 6.70. The lowest BCUT2D eigenvalue weighted by Gasteiger charge is -2.10. The molecule has 0 saturated carbocycles. The zero-order chi connectivity index (χ0) is 14.7. The number of hydrogen-bond donors (Lipinski definition) is 0. The van der Waals surface area contributed by atoms with Gasteiger partial charge in [-0.1, -0.05) is 36.4 Å². The number of nitrogens with zero attached hydrogens (tertiary/aromatic N) is 1. The minimum Gasteiger partial charge on any atom is -0.491 e. The lowest BCUT2D eigenvalue weighted by Crippen LogP contribution is -2.21. The van der Waals surface area contributed by atoms with E-state index in [1.165, 1.54) is 0 Å². The molecule has 0 fully saturated rings. The second kappa shape index (κ2) is 6.14. The molecule has 0 amide bonds. The Labute approximate surface area is 130 Å². The average Bonchev–Trinajstić information content (AvgIpc) is 2.51. The van der Waals surface area contributed by atoms with E-state index in [-0.39, 0.29) is 5.56 Å². The molecule has 0 saturated heterocycles. The Bertz CT molecular complexity index is 821. The molecule has 0 bridgehead atoms. The van der Waals surface area contributed by atoms with Crippen molar-refractivity contribution in [3.05, 3.63) is 75.6 Å². The molecule has 3 aromatic rings. The SMILES string of the molecule is O=c1ccc(Br)cn1CCOc1cccc2ccccc12. The van der Waals surface area contributed by atoms with Crippen LogP contribution >= 0.6 is 15.9 Å². The van der Waals surface area contributed by atoms with Gasteiger partial charge in [0.25, 0.3) is 5.56 Å². The molecule has 0 aliphatic carbocycles. The molecule has 3 nitrogen and oxygen atoms in total. The van der Waals surface area contributed by atoms with E-state index in [9.17, 15) is 4.79 Å². The summed E-state index contributed by atoms with van der Waals surface area (Å²) in [6.07, 6.45) is 1.77. The molecule has 21 heavy (non-hydrogen) atoms. The zero-order valence-corrected chi connectivity index (χ0v) is 12.9. The van der Waals surface area contributed by atoms with E-state index < -0.39 is 0 Å². The van der Waals surface area contributed by atoms with Gasteiger partial charge in [-0.15, -0.1) is 0 Å². The fraction of sp³-hybridized carbons (Fsp3) is 0.118. The van der Waals surface area contributed by atoms with Crippen LogP contribution in [0.1, 0.15) is 0 Å². The molecular formula is C17H14BrNO2. The summed E-state index contributed by atoms with van der Waals surface area (Å²) < 4.78 is 8.36. The Hall–Kier alpha value is -2.07. The summed E-state index contributed by atoms with van der Waals surface area (Å²) in [6.45, 7) is 0.964. The molecule has 106 valence electrons. The first-order chi connectivity index (χ1) is 10.2. The minimum atomic E-state index is -0.0280. The Balaban J connectivity index is 1.75. The summed E-state index contributed by atoms with van der Waals surface area (Å²) in [5.41, 5.74) is -0.0280. The van der Waals surface area contributed by atoms with Gasteiger partial charge >= 0.3 is 0 Å². The molecule has 0 aliphatic rings. The quantitative estimate of drug-likeness (QED) is 0.720. The topological polar surface area (TPSA) is 31.2 Å². The molecule has 0 atom stereocenters. The second-order valence-electron chi connectivity index (χ2n) is 4.70. The molecular weight excluding hydrogens is 330 g/mol. The summed E-state index contributed by atoms with van der Waals surface area (Å²) in [4.78, 5) is 11.7. The van der Waals surface area contributed by atoms with Crippen molar-refractivity contribution in [2.24, 2.45) is 0 Å². The molecule has 0 radical (unpaired) electrons. The second-order valence-corrected chi connectivity index (χ2v) is 5.62. The van der Waals surface area contributed by atoms with Gasteiger partial charge in [0, 0.05) is 22.1 Å².